The Balaban J connectivity index is 1.42. The number of carbonyl (C=O) groups is 1. The third kappa shape index (κ3) is 5.46. The van der Waals surface area contributed by atoms with Gasteiger partial charge >= 0.3 is 0 Å². The number of benzene rings is 1. The molecule has 4 nitrogen and oxygen atoms in total. The molecule has 3 rings (SSSR count). The number of aromatic nitrogens is 1. The van der Waals surface area contributed by atoms with Crippen molar-refractivity contribution >= 4 is 29.3 Å². The van der Waals surface area contributed by atoms with E-state index in [-0.39, 0.29) is 5.91 Å². The van der Waals surface area contributed by atoms with Crippen LogP contribution < -0.4 is 0 Å². The number of rotatable bonds is 5. The first-order valence-electron chi connectivity index (χ1n) is 8.40. The van der Waals surface area contributed by atoms with Crippen molar-refractivity contribution in [2.75, 3.05) is 31.9 Å². The van der Waals surface area contributed by atoms with E-state index >= 15 is 0 Å². The van der Waals surface area contributed by atoms with Gasteiger partial charge in [0.1, 0.15) is 0 Å². The average molecular weight is 376 g/mol. The summed E-state index contributed by atoms with van der Waals surface area (Å²) in [7, 11) is 0. The predicted octanol–water partition coefficient (Wildman–Crippen LogP) is 3.48. The van der Waals surface area contributed by atoms with E-state index in [0.29, 0.717) is 5.75 Å². The van der Waals surface area contributed by atoms with Gasteiger partial charge < -0.3 is 4.90 Å². The molecule has 1 aliphatic heterocycles. The van der Waals surface area contributed by atoms with E-state index in [0.717, 1.165) is 48.3 Å². The van der Waals surface area contributed by atoms with E-state index in [1.165, 1.54) is 17.3 Å². The molecule has 0 aliphatic carbocycles. The number of carbonyl (C=O) groups excluding carboxylic acids is 1. The Morgan fingerprint density at radius 1 is 1.12 bits per heavy atom. The van der Waals surface area contributed by atoms with Crippen molar-refractivity contribution in [3.63, 3.8) is 0 Å². The number of pyridine rings is 1. The number of halogens is 1. The lowest BCUT2D eigenvalue weighted by Gasteiger charge is -2.34. The fraction of sp³-hybridized carbons (Fsp3) is 0.368. The van der Waals surface area contributed by atoms with Crippen molar-refractivity contribution in [2.45, 2.75) is 18.5 Å². The highest BCUT2D eigenvalue weighted by molar-refractivity contribution is 7.99. The summed E-state index contributed by atoms with van der Waals surface area (Å²) in [6.07, 6.45) is 1.84. The van der Waals surface area contributed by atoms with Gasteiger partial charge in [-0.15, -0.1) is 0 Å². The van der Waals surface area contributed by atoms with Crippen LogP contribution in [-0.2, 0) is 11.3 Å². The number of amides is 1. The summed E-state index contributed by atoms with van der Waals surface area (Å²) in [5.41, 5.74) is 2.39. The minimum Gasteiger partial charge on any atom is -0.339 e. The molecule has 1 aromatic heterocycles. The van der Waals surface area contributed by atoms with Crippen molar-refractivity contribution in [3.05, 3.63) is 58.7 Å². The maximum Gasteiger partial charge on any atom is 0.233 e. The van der Waals surface area contributed by atoms with Crippen LogP contribution in [0, 0.1) is 6.92 Å². The molecule has 25 heavy (non-hydrogen) atoms. The van der Waals surface area contributed by atoms with Crippen LogP contribution in [0.4, 0.5) is 0 Å². The molecule has 1 amide bonds. The number of hydrogen-bond donors (Lipinski definition) is 0. The van der Waals surface area contributed by atoms with Crippen LogP contribution in [0.3, 0.4) is 0 Å². The Hall–Kier alpha value is -1.56. The number of thioether (sulfide) groups is 1. The Morgan fingerprint density at radius 3 is 2.48 bits per heavy atom. The molecule has 0 bridgehead atoms. The van der Waals surface area contributed by atoms with Gasteiger partial charge in [-0.3, -0.25) is 9.69 Å². The molecule has 0 radical (unpaired) electrons. The van der Waals surface area contributed by atoms with Gasteiger partial charge in [0.15, 0.2) is 0 Å². The average Bonchev–Trinajstić information content (AvgIpc) is 2.63. The van der Waals surface area contributed by atoms with Gasteiger partial charge in [0.2, 0.25) is 5.91 Å². The van der Waals surface area contributed by atoms with Crippen molar-refractivity contribution in [1.29, 1.82) is 0 Å². The Morgan fingerprint density at radius 2 is 1.84 bits per heavy atom. The number of hydrogen-bond acceptors (Lipinski definition) is 4. The smallest absolute Gasteiger partial charge is 0.233 e. The van der Waals surface area contributed by atoms with E-state index in [2.05, 4.69) is 22.0 Å². The molecule has 0 atom stereocenters. The molecular formula is C19H22ClN3OS. The van der Waals surface area contributed by atoms with E-state index in [9.17, 15) is 4.79 Å². The third-order valence-electron chi connectivity index (χ3n) is 4.27. The molecule has 1 aliphatic rings. The van der Waals surface area contributed by atoms with E-state index in [4.69, 9.17) is 11.6 Å². The molecule has 2 heterocycles. The molecule has 0 saturated carbocycles. The molecule has 0 spiro atoms. The van der Waals surface area contributed by atoms with Crippen molar-refractivity contribution in [1.82, 2.24) is 14.8 Å². The SMILES string of the molecule is Cc1ccc(SCC(=O)N2CCN(Cc3ccc(Cl)cc3)CC2)nc1. The van der Waals surface area contributed by atoms with E-state index in [1.54, 1.807) is 0 Å². The highest BCUT2D eigenvalue weighted by Gasteiger charge is 2.21. The molecule has 0 N–H and O–H groups in total. The van der Waals surface area contributed by atoms with Gasteiger partial charge in [0.25, 0.3) is 0 Å². The maximum absolute atomic E-state index is 12.4. The molecule has 2 aromatic rings. The minimum absolute atomic E-state index is 0.193. The zero-order valence-corrected chi connectivity index (χ0v) is 15.9. The van der Waals surface area contributed by atoms with Crippen LogP contribution in [0.25, 0.3) is 0 Å². The maximum atomic E-state index is 12.4. The molecule has 1 fully saturated rings. The second kappa shape index (κ2) is 8.70. The first-order chi connectivity index (χ1) is 12.1. The predicted molar refractivity (Wildman–Crippen MR) is 103 cm³/mol. The topological polar surface area (TPSA) is 36.4 Å². The zero-order valence-electron chi connectivity index (χ0n) is 14.3. The standard InChI is InChI=1S/C19H22ClN3OS/c1-15-2-7-18(21-12-15)25-14-19(24)23-10-8-22(9-11-23)13-16-3-5-17(20)6-4-16/h2-7,12H,8-11,13-14H2,1H3. The summed E-state index contributed by atoms with van der Waals surface area (Å²) in [4.78, 5) is 21.1. The zero-order chi connectivity index (χ0) is 17.6. The monoisotopic (exact) mass is 375 g/mol. The first kappa shape index (κ1) is 18.2. The van der Waals surface area contributed by atoms with Crippen LogP contribution in [0.1, 0.15) is 11.1 Å². The summed E-state index contributed by atoms with van der Waals surface area (Å²) in [6.45, 7) is 6.30. The van der Waals surface area contributed by atoms with E-state index < -0.39 is 0 Å². The van der Waals surface area contributed by atoms with Gasteiger partial charge in [0, 0.05) is 43.9 Å². The van der Waals surface area contributed by atoms with Crippen LogP contribution in [0.5, 0.6) is 0 Å². The summed E-state index contributed by atoms with van der Waals surface area (Å²) in [6, 6.07) is 12.0. The second-order valence-corrected chi connectivity index (χ2v) is 7.68. The van der Waals surface area contributed by atoms with Crippen molar-refractivity contribution in [2.24, 2.45) is 0 Å². The molecule has 132 valence electrons. The van der Waals surface area contributed by atoms with Crippen LogP contribution >= 0.6 is 23.4 Å². The van der Waals surface area contributed by atoms with Crippen LogP contribution in [0.2, 0.25) is 5.02 Å². The highest BCUT2D eigenvalue weighted by Crippen LogP contribution is 2.17. The van der Waals surface area contributed by atoms with Gasteiger partial charge in [0.05, 0.1) is 10.8 Å². The fourth-order valence-electron chi connectivity index (χ4n) is 2.77. The molecule has 1 aromatic carbocycles. The molecule has 0 unspecified atom stereocenters. The second-order valence-electron chi connectivity index (χ2n) is 6.25. The normalized spacial score (nSPS) is 15.4. The summed E-state index contributed by atoms with van der Waals surface area (Å²) >= 11 is 7.43. The number of piperazine rings is 1. The Kier molecular flexibility index (Phi) is 6.34. The summed E-state index contributed by atoms with van der Waals surface area (Å²) in [5.74, 6) is 0.645. The summed E-state index contributed by atoms with van der Waals surface area (Å²) in [5, 5.41) is 1.67. The Labute approximate surface area is 158 Å². The molecular weight excluding hydrogens is 354 g/mol. The van der Waals surface area contributed by atoms with Gasteiger partial charge in [-0.25, -0.2) is 4.98 Å². The molecule has 6 heteroatoms. The molecule has 1 saturated heterocycles. The summed E-state index contributed by atoms with van der Waals surface area (Å²) < 4.78 is 0. The van der Waals surface area contributed by atoms with Crippen LogP contribution in [-0.4, -0.2) is 52.6 Å². The van der Waals surface area contributed by atoms with Crippen molar-refractivity contribution in [3.8, 4) is 0 Å². The lowest BCUT2D eigenvalue weighted by molar-refractivity contribution is -0.130. The van der Waals surface area contributed by atoms with Gasteiger partial charge in [-0.2, -0.15) is 0 Å². The fourth-order valence-corrected chi connectivity index (χ4v) is 3.64. The lowest BCUT2D eigenvalue weighted by atomic mass is 10.2. The van der Waals surface area contributed by atoms with E-state index in [1.807, 2.05) is 42.3 Å². The van der Waals surface area contributed by atoms with Crippen molar-refractivity contribution < 1.29 is 4.79 Å². The Bertz CT molecular complexity index is 698. The van der Waals surface area contributed by atoms with Crippen LogP contribution in [0.15, 0.2) is 47.6 Å². The van der Waals surface area contributed by atoms with Gasteiger partial charge in [-0.05, 0) is 36.2 Å². The number of aryl methyl sites for hydroxylation is 1. The lowest BCUT2D eigenvalue weighted by Crippen LogP contribution is -2.48. The quantitative estimate of drug-likeness (QED) is 0.750. The van der Waals surface area contributed by atoms with Gasteiger partial charge in [-0.1, -0.05) is 41.6 Å². The third-order valence-corrected chi connectivity index (χ3v) is 5.45. The first-order valence-corrected chi connectivity index (χ1v) is 9.76. The number of nitrogens with zero attached hydrogens (tertiary/aromatic N) is 3. The largest absolute Gasteiger partial charge is 0.339 e. The highest BCUT2D eigenvalue weighted by atomic mass is 35.5. The minimum atomic E-state index is 0.193.